The van der Waals surface area contributed by atoms with Crippen molar-refractivity contribution >= 4 is 17.7 Å². The first-order valence-corrected chi connectivity index (χ1v) is 3.75. The van der Waals surface area contributed by atoms with Gasteiger partial charge in [0, 0.05) is 12.9 Å². The highest BCUT2D eigenvalue weighted by molar-refractivity contribution is 6.17. The first-order chi connectivity index (χ1) is 4.74. The van der Waals surface area contributed by atoms with Crippen LogP contribution in [0.2, 0.25) is 0 Å². The van der Waals surface area contributed by atoms with Crippen molar-refractivity contribution < 1.29 is 9.53 Å². The maximum Gasteiger partial charge on any atom is 0.409 e. The molecule has 0 bridgehead atoms. The third-order valence-corrected chi connectivity index (χ3v) is 1.71. The molecule has 0 spiro atoms. The summed E-state index contributed by atoms with van der Waals surface area (Å²) < 4.78 is 4.92. The van der Waals surface area contributed by atoms with Gasteiger partial charge in [-0.15, -0.1) is 11.6 Å². The van der Waals surface area contributed by atoms with E-state index < -0.39 is 0 Å². The molecule has 4 heteroatoms. The highest BCUT2D eigenvalue weighted by Gasteiger charge is 2.27. The molecule has 3 nitrogen and oxygen atoms in total. The van der Waals surface area contributed by atoms with Crippen LogP contribution in [0.4, 0.5) is 4.79 Å². The van der Waals surface area contributed by atoms with Crippen molar-refractivity contribution in [2.75, 3.05) is 19.5 Å². The van der Waals surface area contributed by atoms with Crippen LogP contribution in [0.15, 0.2) is 0 Å². The van der Waals surface area contributed by atoms with Crippen LogP contribution in [0.5, 0.6) is 0 Å². The minimum atomic E-state index is -0.241. The monoisotopic (exact) mass is 163 g/mol. The van der Waals surface area contributed by atoms with E-state index in [0.29, 0.717) is 12.4 Å². The van der Waals surface area contributed by atoms with Gasteiger partial charge in [-0.25, -0.2) is 4.79 Å². The summed E-state index contributed by atoms with van der Waals surface area (Å²) in [6.45, 7) is 0.672. The third-order valence-electron chi connectivity index (χ3n) is 1.49. The molecule has 1 saturated heterocycles. The second kappa shape index (κ2) is 3.10. The van der Waals surface area contributed by atoms with Gasteiger partial charge in [0.25, 0.3) is 0 Å². The lowest BCUT2D eigenvalue weighted by molar-refractivity contribution is 0.133. The smallest absolute Gasteiger partial charge is 0.409 e. The van der Waals surface area contributed by atoms with Gasteiger partial charge in [0.1, 0.15) is 6.10 Å². The van der Waals surface area contributed by atoms with Crippen molar-refractivity contribution in [3.8, 4) is 0 Å². The molecule has 1 fully saturated rings. The topological polar surface area (TPSA) is 29.5 Å². The zero-order chi connectivity index (χ0) is 7.56. The van der Waals surface area contributed by atoms with Crippen LogP contribution in [-0.2, 0) is 4.74 Å². The molecule has 1 rings (SSSR count). The Morgan fingerprint density at radius 3 is 3.00 bits per heavy atom. The standard InChI is InChI=1S/C6H10ClNO2/c1-8-4-5(2-3-7)10-6(8)9/h5H,2-4H2,1H3. The van der Waals surface area contributed by atoms with Crippen molar-refractivity contribution in [1.29, 1.82) is 0 Å². The SMILES string of the molecule is CN1CC(CCCl)OC1=O. The van der Waals surface area contributed by atoms with Crippen LogP contribution < -0.4 is 0 Å². The van der Waals surface area contributed by atoms with Gasteiger partial charge in [0.2, 0.25) is 0 Å². The summed E-state index contributed by atoms with van der Waals surface area (Å²) in [6.07, 6.45) is 0.516. The van der Waals surface area contributed by atoms with Gasteiger partial charge < -0.3 is 9.64 Å². The van der Waals surface area contributed by atoms with Gasteiger partial charge in [0.15, 0.2) is 0 Å². The summed E-state index contributed by atoms with van der Waals surface area (Å²) in [5.41, 5.74) is 0. The highest BCUT2D eigenvalue weighted by atomic mass is 35.5. The summed E-state index contributed by atoms with van der Waals surface area (Å²) in [6, 6.07) is 0. The van der Waals surface area contributed by atoms with Crippen LogP contribution in [-0.4, -0.2) is 36.6 Å². The molecule has 1 amide bonds. The molecule has 0 aromatic heterocycles. The quantitative estimate of drug-likeness (QED) is 0.570. The molecule has 0 saturated carbocycles. The Morgan fingerprint density at radius 2 is 2.60 bits per heavy atom. The van der Waals surface area contributed by atoms with Gasteiger partial charge in [-0.1, -0.05) is 0 Å². The zero-order valence-electron chi connectivity index (χ0n) is 5.84. The van der Waals surface area contributed by atoms with Crippen LogP contribution in [0, 0.1) is 0 Å². The molecule has 58 valence electrons. The Labute approximate surface area is 64.9 Å². The summed E-state index contributed by atoms with van der Waals surface area (Å²) in [7, 11) is 1.72. The number of hydrogen-bond donors (Lipinski definition) is 0. The molecule has 1 heterocycles. The summed E-state index contributed by atoms with van der Waals surface area (Å²) in [5.74, 6) is 0.547. The lowest BCUT2D eigenvalue weighted by atomic mass is 10.3. The van der Waals surface area contributed by atoms with Crippen LogP contribution in [0.1, 0.15) is 6.42 Å². The maximum atomic E-state index is 10.7. The molecule has 0 radical (unpaired) electrons. The number of carbonyl (C=O) groups is 1. The van der Waals surface area contributed by atoms with E-state index >= 15 is 0 Å². The van der Waals surface area contributed by atoms with E-state index in [9.17, 15) is 4.79 Å². The molecule has 1 aliphatic heterocycles. The molecule has 1 aliphatic rings. The molecule has 10 heavy (non-hydrogen) atoms. The Kier molecular flexibility index (Phi) is 2.38. The number of alkyl halides is 1. The largest absolute Gasteiger partial charge is 0.444 e. The van der Waals surface area contributed by atoms with Gasteiger partial charge >= 0.3 is 6.09 Å². The van der Waals surface area contributed by atoms with E-state index in [2.05, 4.69) is 0 Å². The lowest BCUT2D eigenvalue weighted by Crippen LogP contribution is -2.19. The number of nitrogens with zero attached hydrogens (tertiary/aromatic N) is 1. The highest BCUT2D eigenvalue weighted by Crippen LogP contribution is 2.11. The fourth-order valence-corrected chi connectivity index (χ4v) is 1.17. The van der Waals surface area contributed by atoms with E-state index in [1.165, 1.54) is 0 Å². The van der Waals surface area contributed by atoms with Crippen LogP contribution in [0.3, 0.4) is 0 Å². The number of hydrogen-bond acceptors (Lipinski definition) is 2. The Balaban J connectivity index is 2.34. The number of amides is 1. The number of likely N-dealkylation sites (N-methyl/N-ethyl adjacent to an activating group) is 1. The van der Waals surface area contributed by atoms with Crippen molar-refractivity contribution in [1.82, 2.24) is 4.90 Å². The number of carbonyl (C=O) groups excluding carboxylic acids is 1. The second-order valence-electron chi connectivity index (χ2n) is 2.36. The van der Waals surface area contributed by atoms with E-state index in [-0.39, 0.29) is 12.2 Å². The predicted octanol–water partition coefficient (Wildman–Crippen LogP) is 1.07. The fraction of sp³-hybridized carbons (Fsp3) is 0.833. The molecule has 0 N–H and O–H groups in total. The Morgan fingerprint density at radius 1 is 1.90 bits per heavy atom. The van der Waals surface area contributed by atoms with E-state index in [0.717, 1.165) is 6.42 Å². The zero-order valence-corrected chi connectivity index (χ0v) is 6.60. The van der Waals surface area contributed by atoms with Crippen molar-refractivity contribution in [3.63, 3.8) is 0 Å². The second-order valence-corrected chi connectivity index (χ2v) is 2.74. The average Bonchev–Trinajstić information content (AvgIpc) is 2.14. The molecule has 0 aliphatic carbocycles. The molecule has 0 aromatic rings. The van der Waals surface area contributed by atoms with Crippen LogP contribution in [0.25, 0.3) is 0 Å². The average molecular weight is 164 g/mol. The first kappa shape index (κ1) is 7.66. The van der Waals surface area contributed by atoms with Crippen molar-refractivity contribution in [2.24, 2.45) is 0 Å². The van der Waals surface area contributed by atoms with Gasteiger partial charge in [0.05, 0.1) is 6.54 Å². The molecular formula is C6H10ClNO2. The van der Waals surface area contributed by atoms with E-state index in [4.69, 9.17) is 16.3 Å². The minimum absolute atomic E-state index is 0.00926. The molecule has 1 atom stereocenters. The van der Waals surface area contributed by atoms with Gasteiger partial charge in [-0.3, -0.25) is 0 Å². The fourth-order valence-electron chi connectivity index (χ4n) is 0.922. The molecular weight excluding hydrogens is 154 g/mol. The number of halogens is 1. The summed E-state index contributed by atoms with van der Waals surface area (Å²) in [5, 5.41) is 0. The maximum absolute atomic E-state index is 10.7. The van der Waals surface area contributed by atoms with E-state index in [1.54, 1.807) is 11.9 Å². The van der Waals surface area contributed by atoms with Gasteiger partial charge in [-0.2, -0.15) is 0 Å². The summed E-state index contributed by atoms with van der Waals surface area (Å²) >= 11 is 5.47. The van der Waals surface area contributed by atoms with Crippen molar-refractivity contribution in [2.45, 2.75) is 12.5 Å². The van der Waals surface area contributed by atoms with Gasteiger partial charge in [-0.05, 0) is 6.42 Å². The Bertz CT molecular complexity index is 140. The predicted molar refractivity (Wildman–Crippen MR) is 38.2 cm³/mol. The van der Waals surface area contributed by atoms with E-state index in [1.807, 2.05) is 0 Å². The molecule has 0 aromatic carbocycles. The first-order valence-electron chi connectivity index (χ1n) is 3.21. The number of rotatable bonds is 2. The molecule has 1 unspecified atom stereocenters. The van der Waals surface area contributed by atoms with Crippen LogP contribution >= 0.6 is 11.6 Å². The number of ether oxygens (including phenoxy) is 1. The lowest BCUT2D eigenvalue weighted by Gasteiger charge is -2.02. The minimum Gasteiger partial charge on any atom is -0.444 e. The normalized spacial score (nSPS) is 25.2. The Hall–Kier alpha value is -0.440. The number of cyclic esters (lactones) is 1. The summed E-state index contributed by atoms with van der Waals surface area (Å²) in [4.78, 5) is 12.3. The van der Waals surface area contributed by atoms with Crippen molar-refractivity contribution in [3.05, 3.63) is 0 Å². The third kappa shape index (κ3) is 1.53.